The fraction of sp³-hybridized carbons (Fsp3) is 0. The van der Waals surface area contributed by atoms with Crippen molar-refractivity contribution in [2.45, 2.75) is 0 Å². The zero-order valence-corrected chi connectivity index (χ0v) is 6.35. The van der Waals surface area contributed by atoms with Crippen molar-refractivity contribution in [3.05, 3.63) is 24.3 Å². The molecule has 2 aliphatic rings. The first-order chi connectivity index (χ1) is 4.38. The lowest BCUT2D eigenvalue weighted by molar-refractivity contribution is 1.55. The Morgan fingerprint density at radius 2 is 1.33 bits per heavy atom. The molecule has 0 aromatic carbocycles. The van der Waals surface area contributed by atoms with Crippen molar-refractivity contribution in [1.82, 2.24) is 0 Å². The minimum atomic E-state index is 1.43. The highest BCUT2D eigenvalue weighted by Gasteiger charge is 2.03. The van der Waals surface area contributed by atoms with Gasteiger partial charge in [-0.15, -0.1) is 6.42 Å². The Kier molecular flexibility index (Phi) is 1.92. The molecule has 0 amide bonds. The molecule has 2 aliphatic carbocycles. The van der Waals surface area contributed by atoms with Gasteiger partial charge in [-0.2, -0.15) is 0 Å². The van der Waals surface area contributed by atoms with Gasteiger partial charge in [0.15, 0.2) is 0 Å². The summed E-state index contributed by atoms with van der Waals surface area (Å²) < 4.78 is 0. The average molecular weight is 181 g/mol. The summed E-state index contributed by atoms with van der Waals surface area (Å²) in [6, 6.07) is 8.48. The molecule has 0 saturated carbocycles. The van der Waals surface area contributed by atoms with Crippen LogP contribution in [0.2, 0.25) is 0 Å². The zero-order chi connectivity index (χ0) is 6.69. The van der Waals surface area contributed by atoms with E-state index >= 15 is 0 Å². The second-order valence-electron chi connectivity index (χ2n) is 1.69. The minimum absolute atomic E-state index is 1.43. The van der Waals surface area contributed by atoms with Crippen LogP contribution in [0.15, 0.2) is 24.3 Å². The van der Waals surface area contributed by atoms with Gasteiger partial charge in [0, 0.05) is 15.9 Å². The topological polar surface area (TPSA) is 0 Å². The second-order valence-corrected chi connectivity index (χ2v) is 2.14. The first-order valence-electron chi connectivity index (χ1n) is 2.55. The lowest BCUT2D eigenvalue weighted by atomic mass is 9.95. The Balaban J connectivity index is 0.000000120. The number of fused-ring (bicyclic) bond motifs is 1. The van der Waals surface area contributed by atoms with Crippen LogP contribution in [0.1, 0.15) is 0 Å². The van der Waals surface area contributed by atoms with E-state index in [4.69, 9.17) is 0 Å². The summed E-state index contributed by atoms with van der Waals surface area (Å²) in [5, 5.41) is 0. The molecule has 0 aromatic heterocycles. The number of rotatable bonds is 0. The molecule has 0 atom stereocenters. The average Bonchev–Trinajstić information content (AvgIpc) is 1.81. The van der Waals surface area contributed by atoms with Crippen LogP contribution in [0.5, 0.6) is 0 Å². The van der Waals surface area contributed by atoms with Crippen LogP contribution in [0, 0.1) is 11.3 Å². The Bertz CT molecular complexity index is 207. The molecular weight excluding hydrogens is 176 g/mol. The van der Waals surface area contributed by atoms with Gasteiger partial charge in [-0.3, -0.25) is 0 Å². The molecule has 0 fully saturated rings. The zero-order valence-electron chi connectivity index (χ0n) is 4.76. The summed E-state index contributed by atoms with van der Waals surface area (Å²) in [6.07, 6.45) is 4.51. The number of hydrogen-bond acceptors (Lipinski definition) is 0. The normalized spacial score (nSPS) is 8.44. The number of halogens is 1. The van der Waals surface area contributed by atoms with Crippen LogP contribution in [0.4, 0.5) is 0 Å². The largest absolute Gasteiger partial charge is 0.108 e. The van der Waals surface area contributed by atoms with E-state index in [-0.39, 0.29) is 0 Å². The van der Waals surface area contributed by atoms with Gasteiger partial charge in [0.25, 0.3) is 0 Å². The third-order valence-electron chi connectivity index (χ3n) is 1.22. The predicted octanol–water partition coefficient (Wildman–Crippen LogP) is 2.64. The van der Waals surface area contributed by atoms with E-state index in [0.29, 0.717) is 0 Å². The summed E-state index contributed by atoms with van der Waals surface area (Å²) >= 11 is 2.67. The van der Waals surface area contributed by atoms with Crippen LogP contribution < -0.4 is 0 Å². The van der Waals surface area contributed by atoms with Gasteiger partial charge in [0.1, 0.15) is 0 Å². The number of terminal acetylenes is 1. The van der Waals surface area contributed by atoms with Gasteiger partial charge in [0.05, 0.1) is 0 Å². The molecule has 44 valence electrons. The third kappa shape index (κ3) is 1.14. The van der Waals surface area contributed by atoms with Crippen molar-refractivity contribution < 1.29 is 0 Å². The number of hydrogen-bond donors (Lipinski definition) is 0. The van der Waals surface area contributed by atoms with E-state index in [2.05, 4.69) is 51.4 Å². The molecule has 0 bridgehead atoms. The highest BCUT2D eigenvalue weighted by Crippen LogP contribution is 2.29. The van der Waals surface area contributed by atoms with Gasteiger partial charge in [-0.1, -0.05) is 24.3 Å². The number of benzene rings is 1. The quantitative estimate of drug-likeness (QED) is 0.548. The van der Waals surface area contributed by atoms with Gasteiger partial charge in [0.2, 0.25) is 0 Å². The van der Waals surface area contributed by atoms with Crippen molar-refractivity contribution in [1.29, 1.82) is 0 Å². The Morgan fingerprint density at radius 1 is 1.11 bits per heavy atom. The minimum Gasteiger partial charge on any atom is -0.108 e. The molecule has 0 nitrogen and oxygen atoms in total. The standard InChI is InChI=1S/C6H4.C2HBr/c1-2-6-4-3-5(1)6;1-2-3/h1-4H;1H. The van der Waals surface area contributed by atoms with Crippen molar-refractivity contribution >= 4 is 15.9 Å². The molecule has 9 heavy (non-hydrogen) atoms. The molecule has 1 heteroatoms. The molecule has 0 aliphatic heterocycles. The van der Waals surface area contributed by atoms with Crippen LogP contribution >= 0.6 is 15.9 Å². The first kappa shape index (κ1) is 6.38. The van der Waals surface area contributed by atoms with Gasteiger partial charge >= 0.3 is 0 Å². The van der Waals surface area contributed by atoms with E-state index in [9.17, 15) is 0 Å². The fourth-order valence-corrected chi connectivity index (χ4v) is 0.663. The summed E-state index contributed by atoms with van der Waals surface area (Å²) in [6.45, 7) is 0. The van der Waals surface area contributed by atoms with Crippen molar-refractivity contribution in [2.75, 3.05) is 0 Å². The summed E-state index contributed by atoms with van der Waals surface area (Å²) in [5.41, 5.74) is 2.85. The van der Waals surface area contributed by atoms with E-state index in [1.807, 2.05) is 0 Å². The van der Waals surface area contributed by atoms with E-state index in [1.54, 1.807) is 0 Å². The predicted molar refractivity (Wildman–Crippen MR) is 43.2 cm³/mol. The lowest BCUT2D eigenvalue weighted by Gasteiger charge is -2.10. The first-order valence-corrected chi connectivity index (χ1v) is 3.34. The SMILES string of the molecule is C#CBr.c1cc2ccc1-2. The molecule has 0 heterocycles. The summed E-state index contributed by atoms with van der Waals surface area (Å²) in [7, 11) is 0. The maximum absolute atomic E-state index is 4.51. The molecule has 0 spiro atoms. The maximum atomic E-state index is 4.51. The van der Waals surface area contributed by atoms with Crippen molar-refractivity contribution in [2.24, 2.45) is 0 Å². The molecular formula is C8H5Br. The van der Waals surface area contributed by atoms with E-state index in [1.165, 1.54) is 11.1 Å². The maximum Gasteiger partial charge on any atom is 0.0103 e. The lowest BCUT2D eigenvalue weighted by Crippen LogP contribution is -1.85. The molecule has 2 rings (SSSR count). The Labute approximate surface area is 63.0 Å². The molecule has 0 saturated heterocycles. The van der Waals surface area contributed by atoms with Crippen LogP contribution in [0.3, 0.4) is 0 Å². The highest BCUT2D eigenvalue weighted by molar-refractivity contribution is 9.12. The molecule has 0 N–H and O–H groups in total. The van der Waals surface area contributed by atoms with Gasteiger partial charge in [-0.25, -0.2) is 0 Å². The monoisotopic (exact) mass is 180 g/mol. The van der Waals surface area contributed by atoms with Crippen molar-refractivity contribution in [3.63, 3.8) is 0 Å². The molecule has 0 radical (unpaired) electrons. The third-order valence-corrected chi connectivity index (χ3v) is 1.22. The van der Waals surface area contributed by atoms with Crippen LogP contribution in [-0.4, -0.2) is 0 Å². The van der Waals surface area contributed by atoms with E-state index in [0.717, 1.165) is 0 Å². The van der Waals surface area contributed by atoms with Crippen LogP contribution in [0.25, 0.3) is 11.1 Å². The molecule has 0 aromatic rings. The van der Waals surface area contributed by atoms with E-state index < -0.39 is 0 Å². The Morgan fingerprint density at radius 3 is 1.33 bits per heavy atom. The highest BCUT2D eigenvalue weighted by atomic mass is 79.9. The molecule has 0 unspecified atom stereocenters. The fourth-order valence-electron chi connectivity index (χ4n) is 0.663. The van der Waals surface area contributed by atoms with Crippen LogP contribution in [-0.2, 0) is 0 Å². The van der Waals surface area contributed by atoms with Gasteiger partial charge in [-0.05, 0) is 16.0 Å². The summed E-state index contributed by atoms with van der Waals surface area (Å²) in [4.78, 5) is 2.06. The van der Waals surface area contributed by atoms with Gasteiger partial charge < -0.3 is 0 Å². The summed E-state index contributed by atoms with van der Waals surface area (Å²) in [5.74, 6) is 0. The smallest absolute Gasteiger partial charge is 0.0103 e. The Hall–Kier alpha value is -0.740. The second kappa shape index (κ2) is 2.70. The van der Waals surface area contributed by atoms with Crippen molar-refractivity contribution in [3.8, 4) is 22.4 Å².